The molecule has 0 bridgehead atoms. The van der Waals surface area contributed by atoms with Crippen molar-refractivity contribution >= 4 is 23.0 Å². The number of rotatable bonds is 3. The molecule has 1 heterocycles. The van der Waals surface area contributed by atoms with Gasteiger partial charge in [0.2, 0.25) is 0 Å². The highest BCUT2D eigenvalue weighted by molar-refractivity contribution is 6.03. The van der Waals surface area contributed by atoms with Crippen molar-refractivity contribution in [3.8, 4) is 0 Å². The van der Waals surface area contributed by atoms with Crippen molar-refractivity contribution in [2.45, 2.75) is 0 Å². The Morgan fingerprint density at radius 2 is 1.48 bits per heavy atom. The molecule has 0 saturated carbocycles. The van der Waals surface area contributed by atoms with Crippen LogP contribution in [0.1, 0.15) is 16.8 Å². The minimum absolute atomic E-state index is 0.967. The second kappa shape index (κ2) is 5.93. The highest BCUT2D eigenvalue weighted by atomic mass is 14.9. The molecule has 23 heavy (non-hydrogen) atoms. The van der Waals surface area contributed by atoms with Crippen LogP contribution in [0.2, 0.25) is 0 Å². The van der Waals surface area contributed by atoms with Gasteiger partial charge in [-0.05, 0) is 47.6 Å². The number of aromatic nitrogens is 1. The van der Waals surface area contributed by atoms with Gasteiger partial charge in [0.1, 0.15) is 0 Å². The fourth-order valence-corrected chi connectivity index (χ4v) is 2.80. The minimum atomic E-state index is 0.967. The van der Waals surface area contributed by atoms with Gasteiger partial charge in [-0.1, -0.05) is 48.5 Å². The third-order valence-electron chi connectivity index (χ3n) is 3.87. The van der Waals surface area contributed by atoms with Gasteiger partial charge in [0.05, 0.1) is 5.69 Å². The lowest BCUT2D eigenvalue weighted by Crippen LogP contribution is -1.96. The second-order valence-corrected chi connectivity index (χ2v) is 5.45. The Morgan fingerprint density at radius 3 is 2.26 bits per heavy atom. The van der Waals surface area contributed by atoms with E-state index in [1.165, 1.54) is 16.7 Å². The lowest BCUT2D eigenvalue weighted by atomic mass is 10.0. The maximum Gasteiger partial charge on any atom is 0.0635 e. The first-order valence-corrected chi connectivity index (χ1v) is 7.66. The predicted molar refractivity (Wildman–Crippen MR) is 96.6 cm³/mol. The standard InChI is InChI=1S/C21H16N2/c1-2-8-17(9-3-1)23-21-15-16(14-18-10-6-7-13-22-18)19-11-4-5-12-20(19)21/h1-15,23H. The lowest BCUT2D eigenvalue weighted by molar-refractivity contribution is 1.30. The zero-order chi connectivity index (χ0) is 15.5. The van der Waals surface area contributed by atoms with E-state index in [9.17, 15) is 0 Å². The number of benzene rings is 2. The Labute approximate surface area is 135 Å². The summed E-state index contributed by atoms with van der Waals surface area (Å²) in [5.74, 6) is 0. The van der Waals surface area contributed by atoms with E-state index in [0.29, 0.717) is 0 Å². The molecule has 110 valence electrons. The van der Waals surface area contributed by atoms with Crippen molar-refractivity contribution in [2.24, 2.45) is 0 Å². The molecule has 0 saturated heterocycles. The molecular weight excluding hydrogens is 280 g/mol. The van der Waals surface area contributed by atoms with Gasteiger partial charge in [-0.25, -0.2) is 0 Å². The van der Waals surface area contributed by atoms with Crippen molar-refractivity contribution in [3.05, 3.63) is 102 Å². The quantitative estimate of drug-likeness (QED) is 0.728. The maximum absolute atomic E-state index is 4.40. The number of allylic oxidation sites excluding steroid dienone is 2. The summed E-state index contributed by atoms with van der Waals surface area (Å²) in [6, 6.07) is 24.7. The van der Waals surface area contributed by atoms with Crippen LogP contribution in [0.5, 0.6) is 0 Å². The highest BCUT2D eigenvalue weighted by Gasteiger charge is 2.17. The van der Waals surface area contributed by atoms with Gasteiger partial charge in [-0.2, -0.15) is 0 Å². The van der Waals surface area contributed by atoms with E-state index in [0.717, 1.165) is 17.1 Å². The van der Waals surface area contributed by atoms with Crippen LogP contribution in [0.15, 0.2) is 85.1 Å². The summed E-state index contributed by atoms with van der Waals surface area (Å²) in [6.07, 6.45) is 6.13. The molecule has 4 rings (SSSR count). The fraction of sp³-hybridized carbons (Fsp3) is 0. The Hall–Kier alpha value is -3.13. The minimum Gasteiger partial charge on any atom is -0.355 e. The summed E-state index contributed by atoms with van der Waals surface area (Å²) in [6.45, 7) is 0. The van der Waals surface area contributed by atoms with Crippen LogP contribution < -0.4 is 5.32 Å². The lowest BCUT2D eigenvalue weighted by Gasteiger charge is -2.08. The van der Waals surface area contributed by atoms with E-state index in [4.69, 9.17) is 0 Å². The molecule has 0 atom stereocenters. The van der Waals surface area contributed by atoms with Crippen LogP contribution in [0.4, 0.5) is 5.69 Å². The molecule has 2 nitrogen and oxygen atoms in total. The van der Waals surface area contributed by atoms with Crippen LogP contribution in [-0.4, -0.2) is 4.98 Å². The van der Waals surface area contributed by atoms with Gasteiger partial charge in [-0.3, -0.25) is 4.98 Å². The van der Waals surface area contributed by atoms with E-state index in [-0.39, 0.29) is 0 Å². The normalized spacial score (nSPS) is 14.4. The molecule has 0 radical (unpaired) electrons. The number of hydrogen-bond acceptors (Lipinski definition) is 2. The molecule has 0 amide bonds. The van der Waals surface area contributed by atoms with E-state index in [1.807, 2.05) is 42.6 Å². The van der Waals surface area contributed by atoms with Crippen LogP contribution in [-0.2, 0) is 0 Å². The van der Waals surface area contributed by atoms with Crippen LogP contribution >= 0.6 is 0 Å². The maximum atomic E-state index is 4.40. The predicted octanol–water partition coefficient (Wildman–Crippen LogP) is 5.09. The second-order valence-electron chi connectivity index (χ2n) is 5.45. The van der Waals surface area contributed by atoms with Crippen molar-refractivity contribution in [2.75, 3.05) is 5.32 Å². The van der Waals surface area contributed by atoms with Crippen molar-refractivity contribution < 1.29 is 0 Å². The summed E-state index contributed by atoms with van der Waals surface area (Å²) < 4.78 is 0. The Morgan fingerprint density at radius 1 is 0.739 bits per heavy atom. The monoisotopic (exact) mass is 296 g/mol. The van der Waals surface area contributed by atoms with E-state index in [2.05, 4.69) is 58.9 Å². The molecule has 2 aromatic carbocycles. The Bertz CT molecular complexity index is 878. The highest BCUT2D eigenvalue weighted by Crippen LogP contribution is 2.36. The summed E-state index contributed by atoms with van der Waals surface area (Å²) >= 11 is 0. The average molecular weight is 296 g/mol. The van der Waals surface area contributed by atoms with Crippen LogP contribution in [0.3, 0.4) is 0 Å². The van der Waals surface area contributed by atoms with E-state index in [1.54, 1.807) is 0 Å². The number of fused-ring (bicyclic) bond motifs is 1. The number of pyridine rings is 1. The first-order valence-electron chi connectivity index (χ1n) is 7.66. The van der Waals surface area contributed by atoms with Crippen molar-refractivity contribution in [1.82, 2.24) is 4.98 Å². The molecule has 0 aliphatic heterocycles. The van der Waals surface area contributed by atoms with E-state index < -0.39 is 0 Å². The van der Waals surface area contributed by atoms with Gasteiger partial charge < -0.3 is 5.32 Å². The van der Waals surface area contributed by atoms with Gasteiger partial charge in [0.15, 0.2) is 0 Å². The average Bonchev–Trinajstić information content (AvgIpc) is 2.95. The molecule has 1 N–H and O–H groups in total. The molecule has 3 aromatic rings. The molecule has 0 fully saturated rings. The first kappa shape index (κ1) is 13.5. The van der Waals surface area contributed by atoms with Gasteiger partial charge in [-0.15, -0.1) is 0 Å². The number of nitrogens with zero attached hydrogens (tertiary/aromatic N) is 1. The summed E-state index contributed by atoms with van der Waals surface area (Å²) in [7, 11) is 0. The molecule has 0 unspecified atom stereocenters. The number of anilines is 1. The summed E-state index contributed by atoms with van der Waals surface area (Å²) in [4.78, 5) is 4.40. The third kappa shape index (κ3) is 2.79. The van der Waals surface area contributed by atoms with Crippen molar-refractivity contribution in [1.29, 1.82) is 0 Å². The van der Waals surface area contributed by atoms with Crippen LogP contribution in [0.25, 0.3) is 17.3 Å². The zero-order valence-electron chi connectivity index (χ0n) is 12.6. The number of para-hydroxylation sites is 1. The van der Waals surface area contributed by atoms with Gasteiger partial charge >= 0.3 is 0 Å². The topological polar surface area (TPSA) is 24.9 Å². The van der Waals surface area contributed by atoms with Gasteiger partial charge in [0, 0.05) is 23.1 Å². The Kier molecular flexibility index (Phi) is 3.49. The number of nitrogens with one attached hydrogen (secondary N) is 1. The molecule has 2 heteroatoms. The largest absolute Gasteiger partial charge is 0.355 e. The third-order valence-corrected chi connectivity index (χ3v) is 3.87. The summed E-state index contributed by atoms with van der Waals surface area (Å²) in [5.41, 5.74) is 6.81. The van der Waals surface area contributed by atoms with Crippen LogP contribution in [0, 0.1) is 0 Å². The fourth-order valence-electron chi connectivity index (χ4n) is 2.80. The van der Waals surface area contributed by atoms with Crippen molar-refractivity contribution in [3.63, 3.8) is 0 Å². The number of hydrogen-bond donors (Lipinski definition) is 1. The molecule has 0 spiro atoms. The molecular formula is C21H16N2. The molecule has 1 aromatic heterocycles. The first-order chi connectivity index (χ1) is 11.4. The van der Waals surface area contributed by atoms with E-state index >= 15 is 0 Å². The SMILES string of the molecule is C(=C1C=C(Nc2ccccc2)c2ccccc21)c1ccccn1. The molecule has 1 aliphatic carbocycles. The summed E-state index contributed by atoms with van der Waals surface area (Å²) in [5, 5.41) is 3.51. The molecule has 1 aliphatic rings. The van der Waals surface area contributed by atoms with Gasteiger partial charge in [0.25, 0.3) is 0 Å². The zero-order valence-corrected chi connectivity index (χ0v) is 12.6. The Balaban J connectivity index is 1.75. The smallest absolute Gasteiger partial charge is 0.0635 e.